The van der Waals surface area contributed by atoms with Crippen LogP contribution in [0, 0.1) is 0 Å². The van der Waals surface area contributed by atoms with Crippen LogP contribution < -0.4 is 30.6 Å². The summed E-state index contributed by atoms with van der Waals surface area (Å²) in [5.41, 5.74) is 3.30. The molecular formula is C24H15BO3. The van der Waals surface area contributed by atoms with Gasteiger partial charge in [0.15, 0.2) is 11.5 Å². The van der Waals surface area contributed by atoms with Gasteiger partial charge in [0.2, 0.25) is 0 Å². The van der Waals surface area contributed by atoms with E-state index >= 15 is 0 Å². The van der Waals surface area contributed by atoms with Gasteiger partial charge >= 0.3 is 0 Å². The lowest BCUT2D eigenvalue weighted by Crippen LogP contribution is -2.57. The largest absolute Gasteiger partial charge is 0.458 e. The lowest BCUT2D eigenvalue weighted by molar-refractivity contribution is 0.418. The molecule has 0 unspecified atom stereocenters. The molecule has 0 bridgehead atoms. The molecule has 0 aliphatic carbocycles. The third-order valence-corrected chi connectivity index (χ3v) is 5.27. The third-order valence-electron chi connectivity index (χ3n) is 5.27. The molecule has 4 heteroatoms. The average Bonchev–Trinajstić information content (AvgIpc) is 2.75. The second kappa shape index (κ2) is 5.93. The molecule has 0 fully saturated rings. The summed E-state index contributed by atoms with van der Waals surface area (Å²) in [5, 5.41) is 0. The van der Waals surface area contributed by atoms with Crippen LogP contribution in [0.4, 0.5) is 0 Å². The Labute approximate surface area is 163 Å². The molecule has 4 aromatic rings. The first kappa shape index (κ1) is 15.4. The van der Waals surface area contributed by atoms with Gasteiger partial charge in [-0.25, -0.2) is 0 Å². The van der Waals surface area contributed by atoms with Crippen LogP contribution in [0.25, 0.3) is 0 Å². The summed E-state index contributed by atoms with van der Waals surface area (Å²) >= 11 is 0. The molecule has 2 heterocycles. The van der Waals surface area contributed by atoms with Crippen molar-refractivity contribution in [2.24, 2.45) is 0 Å². The number of fused-ring (bicyclic) bond motifs is 4. The van der Waals surface area contributed by atoms with Gasteiger partial charge in [0, 0.05) is 5.46 Å². The standard InChI is InChI=1S/C24H15BO3/c1-2-8-16(9-3-1)26-22-15-6-11-18-24(22)28-21-14-7-13-20-23(21)25(18)17-10-4-5-12-19(17)27-20/h1-15H. The van der Waals surface area contributed by atoms with E-state index in [1.54, 1.807) is 0 Å². The Morgan fingerprint density at radius 1 is 0.571 bits per heavy atom. The number of para-hydroxylation sites is 3. The molecule has 2 aliphatic heterocycles. The minimum absolute atomic E-state index is 0.0548. The number of ether oxygens (including phenoxy) is 3. The van der Waals surface area contributed by atoms with E-state index in [4.69, 9.17) is 14.2 Å². The molecule has 2 aliphatic rings. The average molecular weight is 362 g/mol. The van der Waals surface area contributed by atoms with Gasteiger partial charge in [-0.05, 0) is 47.3 Å². The van der Waals surface area contributed by atoms with E-state index in [0.717, 1.165) is 45.1 Å². The summed E-state index contributed by atoms with van der Waals surface area (Å²) in [5.74, 6) is 4.81. The molecule has 3 nitrogen and oxygen atoms in total. The predicted molar refractivity (Wildman–Crippen MR) is 111 cm³/mol. The topological polar surface area (TPSA) is 27.7 Å². The van der Waals surface area contributed by atoms with Crippen molar-refractivity contribution < 1.29 is 14.2 Å². The fraction of sp³-hybridized carbons (Fsp3) is 0. The highest BCUT2D eigenvalue weighted by molar-refractivity contribution is 6.98. The Balaban J connectivity index is 1.56. The van der Waals surface area contributed by atoms with Crippen LogP contribution in [0.3, 0.4) is 0 Å². The highest BCUT2D eigenvalue weighted by Gasteiger charge is 2.40. The molecule has 0 amide bonds. The van der Waals surface area contributed by atoms with Crippen molar-refractivity contribution in [3.63, 3.8) is 0 Å². The second-order valence-corrected chi connectivity index (χ2v) is 6.93. The Hall–Kier alpha value is -3.66. The van der Waals surface area contributed by atoms with Crippen LogP contribution in [0.1, 0.15) is 0 Å². The molecular weight excluding hydrogens is 347 g/mol. The molecule has 6 rings (SSSR count). The maximum Gasteiger partial charge on any atom is 0.260 e. The van der Waals surface area contributed by atoms with Gasteiger partial charge in [-0.15, -0.1) is 0 Å². The van der Waals surface area contributed by atoms with Crippen LogP contribution in [-0.4, -0.2) is 6.71 Å². The van der Waals surface area contributed by atoms with Crippen molar-refractivity contribution in [2.75, 3.05) is 0 Å². The Morgan fingerprint density at radius 3 is 2.14 bits per heavy atom. The van der Waals surface area contributed by atoms with E-state index in [9.17, 15) is 0 Å². The van der Waals surface area contributed by atoms with Crippen molar-refractivity contribution in [2.45, 2.75) is 0 Å². The quantitative estimate of drug-likeness (QED) is 0.432. The van der Waals surface area contributed by atoms with E-state index in [-0.39, 0.29) is 6.71 Å². The Kier molecular flexibility index (Phi) is 3.26. The predicted octanol–water partition coefficient (Wildman–Crippen LogP) is 4.21. The minimum Gasteiger partial charge on any atom is -0.458 e. The van der Waals surface area contributed by atoms with Gasteiger partial charge in [-0.2, -0.15) is 0 Å². The summed E-state index contributed by atoms with van der Waals surface area (Å²) in [6.45, 7) is 0.0548. The summed E-state index contributed by atoms with van der Waals surface area (Å²) in [4.78, 5) is 0. The van der Waals surface area contributed by atoms with Crippen molar-refractivity contribution in [1.82, 2.24) is 0 Å². The monoisotopic (exact) mass is 362 g/mol. The molecule has 0 saturated heterocycles. The van der Waals surface area contributed by atoms with Crippen LogP contribution >= 0.6 is 0 Å². The molecule has 132 valence electrons. The molecule has 0 saturated carbocycles. The zero-order chi connectivity index (χ0) is 18.5. The lowest BCUT2D eigenvalue weighted by Gasteiger charge is -2.33. The van der Waals surface area contributed by atoms with E-state index in [0.29, 0.717) is 5.75 Å². The Morgan fingerprint density at radius 2 is 1.25 bits per heavy atom. The SMILES string of the molecule is c1ccc(Oc2cccc3c2Oc2cccc4c2B3c2ccccc2O4)cc1. The normalized spacial score (nSPS) is 12.8. The van der Waals surface area contributed by atoms with Crippen LogP contribution in [0.15, 0.2) is 91.0 Å². The molecule has 0 spiro atoms. The molecule has 0 N–H and O–H groups in total. The van der Waals surface area contributed by atoms with Crippen molar-refractivity contribution >= 4 is 23.1 Å². The number of benzene rings is 4. The fourth-order valence-electron chi connectivity index (χ4n) is 4.07. The Bertz CT molecular complexity index is 1200. The molecule has 0 radical (unpaired) electrons. The summed E-state index contributed by atoms with van der Waals surface area (Å²) in [6, 6.07) is 30.0. The first-order chi connectivity index (χ1) is 13.9. The minimum atomic E-state index is 0.0548. The van der Waals surface area contributed by atoms with Gasteiger partial charge in [-0.3, -0.25) is 0 Å². The highest BCUT2D eigenvalue weighted by Crippen LogP contribution is 2.39. The first-order valence-corrected chi connectivity index (χ1v) is 9.32. The molecule has 28 heavy (non-hydrogen) atoms. The van der Waals surface area contributed by atoms with Gasteiger partial charge < -0.3 is 14.2 Å². The van der Waals surface area contributed by atoms with E-state index in [1.165, 1.54) is 0 Å². The first-order valence-electron chi connectivity index (χ1n) is 9.32. The van der Waals surface area contributed by atoms with Crippen molar-refractivity contribution in [3.8, 4) is 34.5 Å². The van der Waals surface area contributed by atoms with Gasteiger partial charge in [0.1, 0.15) is 23.0 Å². The number of hydrogen-bond donors (Lipinski definition) is 0. The number of rotatable bonds is 2. The van der Waals surface area contributed by atoms with E-state index < -0.39 is 0 Å². The highest BCUT2D eigenvalue weighted by atomic mass is 16.5. The van der Waals surface area contributed by atoms with E-state index in [1.807, 2.05) is 72.8 Å². The van der Waals surface area contributed by atoms with E-state index in [2.05, 4.69) is 18.2 Å². The maximum absolute atomic E-state index is 6.34. The number of hydrogen-bond acceptors (Lipinski definition) is 3. The molecule has 0 aromatic heterocycles. The second-order valence-electron chi connectivity index (χ2n) is 6.93. The van der Waals surface area contributed by atoms with Crippen LogP contribution in [-0.2, 0) is 0 Å². The van der Waals surface area contributed by atoms with Gasteiger partial charge in [0.25, 0.3) is 6.71 Å². The van der Waals surface area contributed by atoms with Gasteiger partial charge in [-0.1, -0.05) is 54.6 Å². The maximum atomic E-state index is 6.34. The van der Waals surface area contributed by atoms with Crippen LogP contribution in [0.2, 0.25) is 0 Å². The summed E-state index contributed by atoms with van der Waals surface area (Å²) in [7, 11) is 0. The lowest BCUT2D eigenvalue weighted by atomic mass is 9.35. The molecule has 4 aromatic carbocycles. The van der Waals surface area contributed by atoms with Crippen LogP contribution in [0.5, 0.6) is 34.5 Å². The fourth-order valence-corrected chi connectivity index (χ4v) is 4.07. The summed E-state index contributed by atoms with van der Waals surface area (Å²) in [6.07, 6.45) is 0. The smallest absolute Gasteiger partial charge is 0.260 e. The molecule has 0 atom stereocenters. The van der Waals surface area contributed by atoms with Crippen molar-refractivity contribution in [3.05, 3.63) is 91.0 Å². The zero-order valence-corrected chi connectivity index (χ0v) is 15.0. The summed E-state index contributed by atoms with van der Waals surface area (Å²) < 4.78 is 18.7. The van der Waals surface area contributed by atoms with Crippen molar-refractivity contribution in [1.29, 1.82) is 0 Å². The van der Waals surface area contributed by atoms with Gasteiger partial charge in [0.05, 0.1) is 0 Å². The zero-order valence-electron chi connectivity index (χ0n) is 15.0. The third kappa shape index (κ3) is 2.24.